The maximum absolute atomic E-state index is 12.6. The average Bonchev–Trinajstić information content (AvgIpc) is 3.11. The lowest BCUT2D eigenvalue weighted by Gasteiger charge is -2.26. The average molecular weight is 433 g/mol. The Kier molecular flexibility index (Phi) is 6.39. The summed E-state index contributed by atoms with van der Waals surface area (Å²) in [4.78, 5) is 14.8. The molecule has 1 aliphatic rings. The van der Waals surface area contributed by atoms with Crippen LogP contribution in [0.1, 0.15) is 30.0 Å². The standard InChI is InChI=1S/C21H25BrN2O3/c1-14-11-15(22)6-9-18(14)23-21(25)13-24-10-4-5-19(24)17-8-7-16(26-2)12-20(17)27-3/h6-9,11-12,19H,4-5,10,13H2,1-3H3,(H,23,25). The van der Waals surface area contributed by atoms with Crippen LogP contribution in [0.2, 0.25) is 0 Å². The normalized spacial score (nSPS) is 17.0. The maximum atomic E-state index is 12.6. The highest BCUT2D eigenvalue weighted by Gasteiger charge is 2.30. The Morgan fingerprint density at radius 1 is 1.22 bits per heavy atom. The molecule has 5 nitrogen and oxygen atoms in total. The van der Waals surface area contributed by atoms with Gasteiger partial charge in [0.05, 0.1) is 20.8 Å². The summed E-state index contributed by atoms with van der Waals surface area (Å²) in [5.74, 6) is 1.57. The number of benzene rings is 2. The number of hydrogen-bond donors (Lipinski definition) is 1. The largest absolute Gasteiger partial charge is 0.497 e. The molecule has 3 rings (SSSR count). The van der Waals surface area contributed by atoms with Gasteiger partial charge in [-0.15, -0.1) is 0 Å². The lowest BCUT2D eigenvalue weighted by atomic mass is 10.0. The van der Waals surface area contributed by atoms with Gasteiger partial charge in [-0.2, -0.15) is 0 Å². The van der Waals surface area contributed by atoms with Crippen molar-refractivity contribution in [3.63, 3.8) is 0 Å². The predicted octanol–water partition coefficient (Wildman–Crippen LogP) is 4.55. The molecule has 1 aliphatic heterocycles. The number of nitrogens with zero attached hydrogens (tertiary/aromatic N) is 1. The Morgan fingerprint density at radius 3 is 2.74 bits per heavy atom. The molecule has 1 fully saturated rings. The molecule has 1 N–H and O–H groups in total. The number of hydrogen-bond acceptors (Lipinski definition) is 4. The number of carbonyl (C=O) groups excluding carboxylic acids is 1. The molecule has 1 saturated heterocycles. The molecule has 0 aromatic heterocycles. The Morgan fingerprint density at radius 2 is 2.04 bits per heavy atom. The minimum atomic E-state index is -0.000184. The summed E-state index contributed by atoms with van der Waals surface area (Å²) in [5, 5.41) is 3.03. The van der Waals surface area contributed by atoms with Crippen LogP contribution in [-0.2, 0) is 4.79 Å². The van der Waals surface area contributed by atoms with Crippen LogP contribution in [0.4, 0.5) is 5.69 Å². The van der Waals surface area contributed by atoms with Gasteiger partial charge in [0, 0.05) is 27.8 Å². The fourth-order valence-corrected chi connectivity index (χ4v) is 4.08. The second-order valence-electron chi connectivity index (χ2n) is 6.74. The number of nitrogens with one attached hydrogen (secondary N) is 1. The van der Waals surface area contributed by atoms with E-state index < -0.39 is 0 Å². The lowest BCUT2D eigenvalue weighted by Crippen LogP contribution is -2.33. The monoisotopic (exact) mass is 432 g/mol. The molecular weight excluding hydrogens is 408 g/mol. The molecule has 2 aromatic carbocycles. The van der Waals surface area contributed by atoms with E-state index in [0.29, 0.717) is 6.54 Å². The molecule has 27 heavy (non-hydrogen) atoms. The maximum Gasteiger partial charge on any atom is 0.238 e. The molecule has 0 bridgehead atoms. The Labute approximate surface area is 168 Å². The third kappa shape index (κ3) is 4.62. The number of likely N-dealkylation sites (tertiary alicyclic amines) is 1. The molecule has 1 heterocycles. The summed E-state index contributed by atoms with van der Waals surface area (Å²) in [6.07, 6.45) is 2.07. The number of ether oxygens (including phenoxy) is 2. The Balaban J connectivity index is 1.72. The Hall–Kier alpha value is -2.05. The van der Waals surface area contributed by atoms with Crippen LogP contribution >= 0.6 is 15.9 Å². The van der Waals surface area contributed by atoms with Crippen molar-refractivity contribution in [2.75, 3.05) is 32.6 Å². The highest BCUT2D eigenvalue weighted by Crippen LogP contribution is 2.38. The molecule has 0 aliphatic carbocycles. The summed E-state index contributed by atoms with van der Waals surface area (Å²) in [6, 6.07) is 11.9. The number of amides is 1. The van der Waals surface area contributed by atoms with E-state index in [9.17, 15) is 4.79 Å². The third-order valence-corrected chi connectivity index (χ3v) is 5.47. The van der Waals surface area contributed by atoms with Crippen molar-refractivity contribution in [2.24, 2.45) is 0 Å². The SMILES string of the molecule is COc1ccc(C2CCCN2CC(=O)Nc2ccc(Br)cc2C)c(OC)c1. The van der Waals surface area contributed by atoms with Gasteiger partial charge in [-0.25, -0.2) is 0 Å². The van der Waals surface area contributed by atoms with Crippen LogP contribution in [0.15, 0.2) is 40.9 Å². The van der Waals surface area contributed by atoms with E-state index in [0.717, 1.165) is 52.2 Å². The molecule has 1 amide bonds. The van der Waals surface area contributed by atoms with Gasteiger partial charge in [-0.3, -0.25) is 9.69 Å². The first-order chi connectivity index (χ1) is 13.0. The van der Waals surface area contributed by atoms with E-state index in [4.69, 9.17) is 9.47 Å². The molecule has 0 saturated carbocycles. The molecule has 1 unspecified atom stereocenters. The number of methoxy groups -OCH3 is 2. The first kappa shape index (κ1) is 19.7. The van der Waals surface area contributed by atoms with E-state index in [-0.39, 0.29) is 11.9 Å². The molecule has 6 heteroatoms. The van der Waals surface area contributed by atoms with Crippen molar-refractivity contribution < 1.29 is 14.3 Å². The van der Waals surface area contributed by atoms with Crippen LogP contribution in [0.25, 0.3) is 0 Å². The topological polar surface area (TPSA) is 50.8 Å². The lowest BCUT2D eigenvalue weighted by molar-refractivity contribution is -0.117. The van der Waals surface area contributed by atoms with Gasteiger partial charge in [-0.1, -0.05) is 22.0 Å². The van der Waals surface area contributed by atoms with E-state index in [1.165, 1.54) is 0 Å². The first-order valence-corrected chi connectivity index (χ1v) is 9.83. The van der Waals surface area contributed by atoms with E-state index in [2.05, 4.69) is 26.1 Å². The zero-order valence-corrected chi connectivity index (χ0v) is 17.5. The summed E-state index contributed by atoms with van der Waals surface area (Å²) < 4.78 is 11.9. The van der Waals surface area contributed by atoms with Crippen LogP contribution in [-0.4, -0.2) is 38.1 Å². The highest BCUT2D eigenvalue weighted by molar-refractivity contribution is 9.10. The van der Waals surface area contributed by atoms with Gasteiger partial charge >= 0.3 is 0 Å². The van der Waals surface area contributed by atoms with Crippen molar-refractivity contribution in [1.82, 2.24) is 4.90 Å². The highest BCUT2D eigenvalue weighted by atomic mass is 79.9. The van der Waals surface area contributed by atoms with Crippen molar-refractivity contribution in [1.29, 1.82) is 0 Å². The summed E-state index contributed by atoms with van der Waals surface area (Å²) in [7, 11) is 3.31. The fraction of sp³-hybridized carbons (Fsp3) is 0.381. The van der Waals surface area contributed by atoms with E-state index >= 15 is 0 Å². The molecule has 2 aromatic rings. The van der Waals surface area contributed by atoms with Crippen LogP contribution in [0, 0.1) is 6.92 Å². The van der Waals surface area contributed by atoms with E-state index in [1.54, 1.807) is 14.2 Å². The predicted molar refractivity (Wildman–Crippen MR) is 111 cm³/mol. The zero-order chi connectivity index (χ0) is 19.4. The van der Waals surface area contributed by atoms with Crippen molar-refractivity contribution in [2.45, 2.75) is 25.8 Å². The smallest absolute Gasteiger partial charge is 0.238 e. The molecule has 0 radical (unpaired) electrons. The fourth-order valence-electron chi connectivity index (χ4n) is 3.60. The van der Waals surface area contributed by atoms with E-state index in [1.807, 2.05) is 43.3 Å². The number of aryl methyl sites for hydroxylation is 1. The van der Waals surface area contributed by atoms with Crippen molar-refractivity contribution in [3.8, 4) is 11.5 Å². The van der Waals surface area contributed by atoms with Crippen LogP contribution < -0.4 is 14.8 Å². The molecule has 1 atom stereocenters. The van der Waals surface area contributed by atoms with Gasteiger partial charge < -0.3 is 14.8 Å². The van der Waals surface area contributed by atoms with Gasteiger partial charge in [0.15, 0.2) is 0 Å². The Bertz CT molecular complexity index is 825. The van der Waals surface area contributed by atoms with Crippen LogP contribution in [0.3, 0.4) is 0 Å². The molecular formula is C21H25BrN2O3. The summed E-state index contributed by atoms with van der Waals surface area (Å²) >= 11 is 3.45. The number of carbonyl (C=O) groups is 1. The number of halogens is 1. The molecule has 0 spiro atoms. The van der Waals surface area contributed by atoms with Crippen LogP contribution in [0.5, 0.6) is 11.5 Å². The van der Waals surface area contributed by atoms with Gasteiger partial charge in [0.25, 0.3) is 0 Å². The van der Waals surface area contributed by atoms with Crippen molar-refractivity contribution in [3.05, 3.63) is 52.0 Å². The third-order valence-electron chi connectivity index (χ3n) is 4.97. The summed E-state index contributed by atoms with van der Waals surface area (Å²) in [5.41, 5.74) is 2.98. The van der Waals surface area contributed by atoms with Crippen molar-refractivity contribution >= 4 is 27.5 Å². The number of rotatable bonds is 6. The van der Waals surface area contributed by atoms with Gasteiger partial charge in [0.1, 0.15) is 11.5 Å². The first-order valence-electron chi connectivity index (χ1n) is 9.04. The second kappa shape index (κ2) is 8.76. The summed E-state index contributed by atoms with van der Waals surface area (Å²) in [6.45, 7) is 3.24. The quantitative estimate of drug-likeness (QED) is 0.727. The van der Waals surface area contributed by atoms with Gasteiger partial charge in [0.2, 0.25) is 5.91 Å². The molecule has 144 valence electrons. The number of anilines is 1. The minimum absolute atomic E-state index is 0.000184. The zero-order valence-electron chi connectivity index (χ0n) is 15.9. The second-order valence-corrected chi connectivity index (χ2v) is 7.66. The van der Waals surface area contributed by atoms with Gasteiger partial charge in [-0.05, 0) is 56.1 Å². The minimum Gasteiger partial charge on any atom is -0.497 e.